The standard InChI is InChI=1S/C34H34F6N8O4/c35-33(36,37)25-18-21(19-26(28(25)41)34(38,39)40)20-27(30(49)46-16-14-45(15-17-46)23-6-10-42-11-7-23)52-32(51)47-12-8-24(9-13-47)48-31(50)43-29(44-48)22-4-2-1-3-5-22/h1-7,10-11,18-19,24,27H,8-9,12-17,20,41H2,(H,43,44,50)/t27-/m1/s1. The van der Waals surface area contributed by atoms with E-state index in [4.69, 9.17) is 10.5 Å². The molecule has 6 rings (SSSR count). The van der Waals surface area contributed by atoms with E-state index >= 15 is 0 Å². The Kier molecular flexibility index (Phi) is 10.2. The Balaban J connectivity index is 1.20. The summed E-state index contributed by atoms with van der Waals surface area (Å²) in [5.41, 5.74) is 0.977. The number of aromatic nitrogens is 4. The number of nitrogens with zero attached hydrogens (tertiary/aromatic N) is 6. The lowest BCUT2D eigenvalue weighted by Gasteiger charge is -2.38. The minimum absolute atomic E-state index is 0.0767. The molecule has 0 aliphatic carbocycles. The van der Waals surface area contributed by atoms with E-state index < -0.39 is 64.9 Å². The fourth-order valence-corrected chi connectivity index (χ4v) is 6.44. The Hall–Kier alpha value is -5.55. The minimum atomic E-state index is -5.23. The normalized spacial score (nSPS) is 16.5. The second-order valence-electron chi connectivity index (χ2n) is 12.5. The first-order valence-electron chi connectivity index (χ1n) is 16.4. The Morgan fingerprint density at radius 1 is 0.865 bits per heavy atom. The van der Waals surface area contributed by atoms with Crippen LogP contribution in [0.4, 0.5) is 42.5 Å². The van der Waals surface area contributed by atoms with Gasteiger partial charge in [0.25, 0.3) is 5.91 Å². The van der Waals surface area contributed by atoms with Gasteiger partial charge in [0, 0.05) is 69.3 Å². The van der Waals surface area contributed by atoms with Crippen molar-refractivity contribution in [2.75, 3.05) is 49.9 Å². The Bertz CT molecular complexity index is 1900. The second kappa shape index (κ2) is 14.6. The van der Waals surface area contributed by atoms with Crippen molar-refractivity contribution in [1.29, 1.82) is 0 Å². The third-order valence-corrected chi connectivity index (χ3v) is 9.17. The third-order valence-electron chi connectivity index (χ3n) is 9.17. The number of piperazine rings is 1. The fraction of sp³-hybridized carbons (Fsp3) is 0.382. The molecule has 2 aliphatic heterocycles. The number of hydrogen-bond acceptors (Lipinski definition) is 8. The number of carbonyl (C=O) groups excluding carboxylic acids is 2. The maximum absolute atomic E-state index is 13.9. The monoisotopic (exact) mass is 732 g/mol. The van der Waals surface area contributed by atoms with Gasteiger partial charge in [-0.3, -0.25) is 14.8 Å². The van der Waals surface area contributed by atoms with Crippen LogP contribution in [0, 0.1) is 0 Å². The predicted molar refractivity (Wildman–Crippen MR) is 176 cm³/mol. The number of carbonyl (C=O) groups is 2. The molecule has 52 heavy (non-hydrogen) atoms. The quantitative estimate of drug-likeness (QED) is 0.200. The number of pyridine rings is 1. The summed E-state index contributed by atoms with van der Waals surface area (Å²) >= 11 is 0. The molecule has 4 aromatic rings. The molecule has 4 heterocycles. The maximum atomic E-state index is 13.9. The Morgan fingerprint density at radius 3 is 2.04 bits per heavy atom. The van der Waals surface area contributed by atoms with Crippen LogP contribution in [0.1, 0.15) is 35.6 Å². The Labute approximate surface area is 292 Å². The SMILES string of the molecule is Nc1c(C(F)(F)F)cc(C[C@@H](OC(=O)N2CCC(n3nc(-c4ccccc4)[nH]c3=O)CC2)C(=O)N2CCN(c3ccncc3)CC2)cc1C(F)(F)F. The van der Waals surface area contributed by atoms with Gasteiger partial charge >= 0.3 is 24.1 Å². The van der Waals surface area contributed by atoms with Crippen LogP contribution < -0.4 is 16.3 Å². The molecule has 2 aromatic heterocycles. The molecule has 2 amide bonds. The van der Waals surface area contributed by atoms with Gasteiger partial charge in [0.2, 0.25) is 0 Å². The van der Waals surface area contributed by atoms with E-state index in [0.29, 0.717) is 36.6 Å². The van der Waals surface area contributed by atoms with E-state index in [1.807, 2.05) is 11.0 Å². The minimum Gasteiger partial charge on any atom is -0.436 e. The number of likely N-dealkylation sites (tertiary alicyclic amines) is 1. The Morgan fingerprint density at radius 2 is 1.46 bits per heavy atom. The van der Waals surface area contributed by atoms with Crippen LogP contribution in [-0.4, -0.2) is 86.9 Å². The number of piperidine rings is 1. The molecular weight excluding hydrogens is 698 g/mol. The van der Waals surface area contributed by atoms with Crippen molar-refractivity contribution in [1.82, 2.24) is 29.5 Å². The summed E-state index contributed by atoms with van der Waals surface area (Å²) < 4.78 is 89.9. The van der Waals surface area contributed by atoms with Crippen molar-refractivity contribution >= 4 is 23.4 Å². The van der Waals surface area contributed by atoms with Crippen molar-refractivity contribution in [3.05, 3.63) is 94.2 Å². The summed E-state index contributed by atoms with van der Waals surface area (Å²) in [7, 11) is 0. The number of benzene rings is 2. The number of hydrogen-bond donors (Lipinski definition) is 2. The molecule has 0 radical (unpaired) electrons. The first-order chi connectivity index (χ1) is 24.7. The number of rotatable bonds is 7. The number of halogens is 6. The number of nitrogens with two attached hydrogens (primary N) is 1. The molecule has 18 heteroatoms. The molecule has 2 aliphatic rings. The van der Waals surface area contributed by atoms with Crippen LogP contribution in [0.15, 0.2) is 71.8 Å². The maximum Gasteiger partial charge on any atom is 0.418 e. The lowest BCUT2D eigenvalue weighted by atomic mass is 9.97. The summed E-state index contributed by atoms with van der Waals surface area (Å²) in [5, 5.41) is 4.41. The van der Waals surface area contributed by atoms with Crippen molar-refractivity contribution < 1.29 is 40.7 Å². The number of amides is 2. The molecule has 2 fully saturated rings. The van der Waals surface area contributed by atoms with Crippen molar-refractivity contribution in [2.24, 2.45) is 0 Å². The van der Waals surface area contributed by atoms with Crippen molar-refractivity contribution in [3.63, 3.8) is 0 Å². The molecule has 0 spiro atoms. The first-order valence-corrected chi connectivity index (χ1v) is 16.4. The van der Waals surface area contributed by atoms with Crippen LogP contribution >= 0.6 is 0 Å². The fourth-order valence-electron chi connectivity index (χ4n) is 6.44. The molecular formula is C34H34F6N8O4. The number of ether oxygens (including phenoxy) is 1. The van der Waals surface area contributed by atoms with E-state index in [2.05, 4.69) is 15.1 Å². The van der Waals surface area contributed by atoms with Crippen LogP contribution in [0.5, 0.6) is 0 Å². The van der Waals surface area contributed by atoms with Crippen molar-refractivity contribution in [3.8, 4) is 11.4 Å². The largest absolute Gasteiger partial charge is 0.436 e. The highest BCUT2D eigenvalue weighted by atomic mass is 19.4. The summed E-state index contributed by atoms with van der Waals surface area (Å²) in [4.78, 5) is 51.4. The van der Waals surface area contributed by atoms with E-state index in [0.717, 1.165) is 5.69 Å². The second-order valence-corrected chi connectivity index (χ2v) is 12.5. The van der Waals surface area contributed by atoms with Gasteiger partial charge in [-0.05, 0) is 42.7 Å². The molecule has 3 N–H and O–H groups in total. The van der Waals surface area contributed by atoms with Gasteiger partial charge in [0.05, 0.1) is 22.9 Å². The van der Waals surface area contributed by atoms with Gasteiger partial charge in [-0.1, -0.05) is 30.3 Å². The zero-order chi connectivity index (χ0) is 37.2. The molecule has 12 nitrogen and oxygen atoms in total. The highest BCUT2D eigenvalue weighted by Gasteiger charge is 2.42. The number of nitrogen functional groups attached to an aromatic ring is 1. The molecule has 2 saturated heterocycles. The highest BCUT2D eigenvalue weighted by molar-refractivity contribution is 5.84. The van der Waals surface area contributed by atoms with Gasteiger partial charge in [-0.2, -0.15) is 26.3 Å². The van der Waals surface area contributed by atoms with Gasteiger partial charge < -0.3 is 25.2 Å². The average molecular weight is 733 g/mol. The van der Waals surface area contributed by atoms with Crippen LogP contribution in [0.2, 0.25) is 0 Å². The van der Waals surface area contributed by atoms with Gasteiger partial charge in [0.1, 0.15) is 0 Å². The van der Waals surface area contributed by atoms with Crippen molar-refractivity contribution in [2.45, 2.75) is 43.8 Å². The van der Waals surface area contributed by atoms with Gasteiger partial charge in [-0.15, -0.1) is 5.10 Å². The molecule has 0 bridgehead atoms. The zero-order valence-electron chi connectivity index (χ0n) is 27.5. The number of nitrogens with one attached hydrogen (secondary N) is 1. The van der Waals surface area contributed by atoms with E-state index in [1.54, 1.807) is 48.8 Å². The molecule has 276 valence electrons. The van der Waals surface area contributed by atoms with E-state index in [9.17, 15) is 40.7 Å². The molecule has 2 aromatic carbocycles. The number of H-pyrrole nitrogens is 1. The summed E-state index contributed by atoms with van der Waals surface area (Å²) in [5.74, 6) is -0.395. The van der Waals surface area contributed by atoms with E-state index in [-0.39, 0.29) is 45.1 Å². The molecule has 1 atom stereocenters. The molecule has 0 saturated carbocycles. The number of aromatic amines is 1. The zero-order valence-corrected chi connectivity index (χ0v) is 27.5. The average Bonchev–Trinajstić information content (AvgIpc) is 3.53. The lowest BCUT2D eigenvalue weighted by Crippen LogP contribution is -2.53. The summed E-state index contributed by atoms with van der Waals surface area (Å²) in [6, 6.07) is 13.1. The van der Waals surface area contributed by atoms with Crippen LogP contribution in [0.3, 0.4) is 0 Å². The summed E-state index contributed by atoms with van der Waals surface area (Å²) in [6.07, 6.45) is -10.2. The van der Waals surface area contributed by atoms with Gasteiger partial charge in [0.15, 0.2) is 11.9 Å². The third kappa shape index (κ3) is 8.00. The highest BCUT2D eigenvalue weighted by Crippen LogP contribution is 2.42. The van der Waals surface area contributed by atoms with Crippen LogP contribution in [-0.2, 0) is 28.3 Å². The lowest BCUT2D eigenvalue weighted by molar-refractivity contribution is -0.141. The number of anilines is 2. The molecule has 0 unspecified atom stereocenters. The smallest absolute Gasteiger partial charge is 0.418 e. The van der Waals surface area contributed by atoms with Crippen LogP contribution in [0.25, 0.3) is 11.4 Å². The number of alkyl halides is 6. The predicted octanol–water partition coefficient (Wildman–Crippen LogP) is 4.99. The topological polar surface area (TPSA) is 143 Å². The summed E-state index contributed by atoms with van der Waals surface area (Å²) in [6.45, 7) is 1.17. The van der Waals surface area contributed by atoms with Gasteiger partial charge in [-0.25, -0.2) is 14.3 Å². The first kappa shape index (κ1) is 36.2. The van der Waals surface area contributed by atoms with E-state index in [1.165, 1.54) is 14.5 Å².